The third-order valence-electron chi connectivity index (χ3n) is 3.42. The molecular formula is C19H22ClN3O3. The van der Waals surface area contributed by atoms with Crippen molar-refractivity contribution in [1.82, 2.24) is 4.90 Å². The minimum atomic E-state index is -0.267. The van der Waals surface area contributed by atoms with Gasteiger partial charge in [-0.2, -0.15) is 10.5 Å². The maximum absolute atomic E-state index is 12.3. The van der Waals surface area contributed by atoms with Gasteiger partial charge in [-0.15, -0.1) is 0 Å². The van der Waals surface area contributed by atoms with Crippen LogP contribution in [0.1, 0.15) is 31.7 Å². The smallest absolute Gasteiger partial charge is 0.246 e. The SMILES string of the molecule is CCCOc1c(Cl)cc(/C=C/C(=O)N(CCC#N)CCC#N)cc1OC. The number of benzene rings is 1. The summed E-state index contributed by atoms with van der Waals surface area (Å²) in [7, 11) is 1.52. The van der Waals surface area contributed by atoms with Crippen LogP contribution in [0, 0.1) is 22.7 Å². The lowest BCUT2D eigenvalue weighted by Crippen LogP contribution is -2.31. The average molecular weight is 376 g/mol. The highest BCUT2D eigenvalue weighted by Crippen LogP contribution is 2.36. The molecule has 0 N–H and O–H groups in total. The van der Waals surface area contributed by atoms with E-state index in [1.807, 2.05) is 19.1 Å². The molecule has 6 nitrogen and oxygen atoms in total. The largest absolute Gasteiger partial charge is 0.493 e. The molecule has 0 aromatic heterocycles. The lowest BCUT2D eigenvalue weighted by Gasteiger charge is -2.18. The number of carbonyl (C=O) groups is 1. The fourth-order valence-corrected chi connectivity index (χ4v) is 2.43. The van der Waals surface area contributed by atoms with Crippen molar-refractivity contribution in [1.29, 1.82) is 10.5 Å². The van der Waals surface area contributed by atoms with Gasteiger partial charge in [0.2, 0.25) is 5.91 Å². The Morgan fingerprint density at radius 3 is 2.46 bits per heavy atom. The zero-order chi connectivity index (χ0) is 19.4. The number of ether oxygens (including phenoxy) is 2. The van der Waals surface area contributed by atoms with Gasteiger partial charge >= 0.3 is 0 Å². The molecule has 26 heavy (non-hydrogen) atoms. The Balaban J connectivity index is 2.94. The minimum Gasteiger partial charge on any atom is -0.493 e. The summed E-state index contributed by atoms with van der Waals surface area (Å²) in [4.78, 5) is 13.8. The van der Waals surface area contributed by atoms with E-state index in [2.05, 4.69) is 0 Å². The van der Waals surface area contributed by atoms with Crippen molar-refractivity contribution in [2.45, 2.75) is 26.2 Å². The van der Waals surface area contributed by atoms with E-state index in [0.717, 1.165) is 6.42 Å². The predicted octanol–water partition coefficient (Wildman–Crippen LogP) is 3.81. The van der Waals surface area contributed by atoms with Crippen LogP contribution in [0.4, 0.5) is 0 Å². The van der Waals surface area contributed by atoms with Crippen LogP contribution in [-0.2, 0) is 4.79 Å². The molecule has 1 amide bonds. The van der Waals surface area contributed by atoms with Gasteiger partial charge in [0, 0.05) is 19.2 Å². The first-order chi connectivity index (χ1) is 12.6. The Morgan fingerprint density at radius 2 is 1.92 bits per heavy atom. The van der Waals surface area contributed by atoms with E-state index in [4.69, 9.17) is 31.6 Å². The molecule has 1 aromatic carbocycles. The molecule has 0 aliphatic heterocycles. The molecular weight excluding hydrogens is 354 g/mol. The Kier molecular flexibility index (Phi) is 9.67. The van der Waals surface area contributed by atoms with Crippen molar-refractivity contribution in [3.63, 3.8) is 0 Å². The summed E-state index contributed by atoms with van der Waals surface area (Å²) in [6, 6.07) is 7.42. The number of rotatable bonds is 10. The number of amides is 1. The van der Waals surface area contributed by atoms with E-state index in [1.54, 1.807) is 18.2 Å². The molecule has 0 unspecified atom stereocenters. The van der Waals surface area contributed by atoms with E-state index in [1.165, 1.54) is 18.1 Å². The zero-order valence-corrected chi connectivity index (χ0v) is 15.8. The van der Waals surface area contributed by atoms with Gasteiger partial charge in [0.1, 0.15) is 0 Å². The third kappa shape index (κ3) is 6.66. The predicted molar refractivity (Wildman–Crippen MR) is 99.9 cm³/mol. The van der Waals surface area contributed by atoms with Crippen LogP contribution in [0.3, 0.4) is 0 Å². The van der Waals surface area contributed by atoms with Gasteiger partial charge in [-0.1, -0.05) is 18.5 Å². The minimum absolute atomic E-state index is 0.216. The summed E-state index contributed by atoms with van der Waals surface area (Å²) >= 11 is 6.26. The van der Waals surface area contributed by atoms with Crippen LogP contribution in [-0.4, -0.2) is 37.6 Å². The van der Waals surface area contributed by atoms with Gasteiger partial charge in [0.05, 0.1) is 43.7 Å². The van der Waals surface area contributed by atoms with Crippen LogP contribution in [0.2, 0.25) is 5.02 Å². The first-order valence-corrected chi connectivity index (χ1v) is 8.66. The lowest BCUT2D eigenvalue weighted by atomic mass is 10.1. The second-order valence-corrected chi connectivity index (χ2v) is 5.76. The maximum Gasteiger partial charge on any atom is 0.246 e. The molecule has 0 aliphatic carbocycles. The van der Waals surface area contributed by atoms with Crippen molar-refractivity contribution in [2.75, 3.05) is 26.8 Å². The van der Waals surface area contributed by atoms with E-state index >= 15 is 0 Å². The molecule has 0 saturated heterocycles. The van der Waals surface area contributed by atoms with E-state index < -0.39 is 0 Å². The number of carbonyl (C=O) groups excluding carboxylic acids is 1. The third-order valence-corrected chi connectivity index (χ3v) is 3.70. The highest BCUT2D eigenvalue weighted by Gasteiger charge is 2.12. The lowest BCUT2D eigenvalue weighted by molar-refractivity contribution is -0.125. The fraction of sp³-hybridized carbons (Fsp3) is 0.421. The summed E-state index contributed by atoms with van der Waals surface area (Å²) < 4.78 is 10.9. The Labute approximate surface area is 159 Å². The first-order valence-electron chi connectivity index (χ1n) is 8.28. The highest BCUT2D eigenvalue weighted by molar-refractivity contribution is 6.32. The molecule has 1 rings (SSSR count). The number of halogens is 1. The molecule has 0 spiro atoms. The molecule has 0 bridgehead atoms. The second-order valence-electron chi connectivity index (χ2n) is 5.36. The van der Waals surface area contributed by atoms with E-state index in [-0.39, 0.29) is 31.8 Å². The van der Waals surface area contributed by atoms with Crippen LogP contribution < -0.4 is 9.47 Å². The number of hydrogen-bond acceptors (Lipinski definition) is 5. The van der Waals surface area contributed by atoms with Crippen molar-refractivity contribution >= 4 is 23.6 Å². The van der Waals surface area contributed by atoms with Crippen LogP contribution >= 0.6 is 11.6 Å². The number of nitriles is 2. The van der Waals surface area contributed by atoms with Crippen LogP contribution in [0.25, 0.3) is 6.08 Å². The summed E-state index contributed by atoms with van der Waals surface area (Å²) in [6.45, 7) is 3.09. The van der Waals surface area contributed by atoms with Gasteiger partial charge in [-0.3, -0.25) is 4.79 Å². The standard InChI is InChI=1S/C19H22ClN3O3/c1-3-12-26-19-16(20)13-15(14-17(19)25-2)6-7-18(24)23(10-4-8-21)11-5-9-22/h6-7,13-14H,3-5,10-12H2,1-2H3/b7-6+. The van der Waals surface area contributed by atoms with E-state index in [9.17, 15) is 4.79 Å². The van der Waals surface area contributed by atoms with Crippen molar-refractivity contribution in [2.24, 2.45) is 0 Å². The number of methoxy groups -OCH3 is 1. The first kappa shape index (κ1) is 21.3. The summed E-state index contributed by atoms with van der Waals surface area (Å²) in [5.74, 6) is 0.699. The summed E-state index contributed by atoms with van der Waals surface area (Å²) in [6.07, 6.45) is 4.29. The molecule has 0 aliphatic rings. The summed E-state index contributed by atoms with van der Waals surface area (Å²) in [5, 5.41) is 17.8. The van der Waals surface area contributed by atoms with Gasteiger partial charge in [-0.25, -0.2) is 0 Å². The van der Waals surface area contributed by atoms with Gasteiger partial charge in [0.25, 0.3) is 0 Å². The van der Waals surface area contributed by atoms with Gasteiger partial charge in [-0.05, 0) is 30.2 Å². The van der Waals surface area contributed by atoms with Crippen LogP contribution in [0.15, 0.2) is 18.2 Å². The molecule has 138 valence electrons. The molecule has 0 saturated carbocycles. The summed E-state index contributed by atoms with van der Waals surface area (Å²) in [5.41, 5.74) is 0.685. The molecule has 0 heterocycles. The fourth-order valence-electron chi connectivity index (χ4n) is 2.16. The highest BCUT2D eigenvalue weighted by atomic mass is 35.5. The number of hydrogen-bond donors (Lipinski definition) is 0. The molecule has 1 aromatic rings. The van der Waals surface area contributed by atoms with Gasteiger partial charge < -0.3 is 14.4 Å². The second kappa shape index (κ2) is 11.8. The molecule has 0 radical (unpaired) electrons. The quantitative estimate of drug-likeness (QED) is 0.580. The van der Waals surface area contributed by atoms with Crippen LogP contribution in [0.5, 0.6) is 11.5 Å². The normalized spacial score (nSPS) is 10.2. The molecule has 7 heteroatoms. The molecule has 0 atom stereocenters. The Hall–Kier alpha value is -2.70. The topological polar surface area (TPSA) is 86.4 Å². The van der Waals surface area contributed by atoms with Crippen molar-refractivity contribution in [3.8, 4) is 23.6 Å². The monoisotopic (exact) mass is 375 g/mol. The number of nitrogens with zero attached hydrogens (tertiary/aromatic N) is 3. The average Bonchev–Trinajstić information content (AvgIpc) is 2.64. The maximum atomic E-state index is 12.3. The Morgan fingerprint density at radius 1 is 1.27 bits per heavy atom. The van der Waals surface area contributed by atoms with Crippen molar-refractivity contribution < 1.29 is 14.3 Å². The van der Waals surface area contributed by atoms with E-state index in [0.29, 0.717) is 28.7 Å². The Bertz CT molecular complexity index is 702. The zero-order valence-electron chi connectivity index (χ0n) is 15.0. The van der Waals surface area contributed by atoms with Crippen molar-refractivity contribution in [3.05, 3.63) is 28.8 Å². The molecule has 0 fully saturated rings. The van der Waals surface area contributed by atoms with Gasteiger partial charge in [0.15, 0.2) is 11.5 Å².